The molecule has 6 N–H and O–H groups in total. The second-order valence-corrected chi connectivity index (χ2v) is 3.26. The molecule has 0 bridgehead atoms. The fourth-order valence-electron chi connectivity index (χ4n) is 1.03. The number of carbonyl (C=O) groups is 1. The highest BCUT2D eigenvalue weighted by Crippen LogP contribution is 1.85. The summed E-state index contributed by atoms with van der Waals surface area (Å²) >= 11 is 0. The first kappa shape index (κ1) is 14.3. The highest BCUT2D eigenvalue weighted by Gasteiger charge is 2.08. The zero-order chi connectivity index (χ0) is 11.5. The number of aliphatic hydroxyl groups excluding tert-OH is 1. The third kappa shape index (κ3) is 9.61. The van der Waals surface area contributed by atoms with E-state index >= 15 is 0 Å². The van der Waals surface area contributed by atoms with Crippen molar-refractivity contribution in [2.75, 3.05) is 26.2 Å². The molecule has 0 aromatic carbocycles. The van der Waals surface area contributed by atoms with Crippen LogP contribution in [0, 0.1) is 0 Å². The van der Waals surface area contributed by atoms with Crippen LogP contribution >= 0.6 is 0 Å². The first-order chi connectivity index (χ1) is 7.18. The van der Waals surface area contributed by atoms with Gasteiger partial charge in [-0.25, -0.2) is 0 Å². The zero-order valence-corrected chi connectivity index (χ0v) is 8.91. The summed E-state index contributed by atoms with van der Waals surface area (Å²) in [5.41, 5.74) is 5.32. The van der Waals surface area contributed by atoms with Gasteiger partial charge in [0, 0.05) is 6.54 Å². The van der Waals surface area contributed by atoms with Crippen LogP contribution < -0.4 is 16.4 Å². The molecule has 0 unspecified atom stereocenters. The van der Waals surface area contributed by atoms with Crippen LogP contribution in [0.5, 0.6) is 0 Å². The lowest BCUT2D eigenvalue weighted by Gasteiger charge is -2.06. The number of aliphatic hydroxyl groups is 2. The summed E-state index contributed by atoms with van der Waals surface area (Å²) in [6.45, 7) is 2.96. The molecule has 0 aliphatic rings. The third-order valence-corrected chi connectivity index (χ3v) is 1.87. The molecule has 0 aromatic rings. The Bertz CT molecular complexity index is 165. The fourth-order valence-corrected chi connectivity index (χ4v) is 1.03. The van der Waals surface area contributed by atoms with Gasteiger partial charge in [0.05, 0.1) is 0 Å². The lowest BCUT2D eigenvalue weighted by atomic mass is 10.3. The molecule has 0 saturated heterocycles. The van der Waals surface area contributed by atoms with Crippen molar-refractivity contribution in [3.8, 4) is 0 Å². The molecule has 0 aliphatic heterocycles. The normalized spacial score (nSPS) is 10.7. The van der Waals surface area contributed by atoms with Gasteiger partial charge >= 0.3 is 0 Å². The molecule has 0 aliphatic carbocycles. The van der Waals surface area contributed by atoms with E-state index in [1.807, 2.05) is 0 Å². The molecule has 0 heterocycles. The van der Waals surface area contributed by atoms with E-state index in [1.165, 1.54) is 0 Å². The van der Waals surface area contributed by atoms with Crippen LogP contribution in [0.2, 0.25) is 0 Å². The van der Waals surface area contributed by atoms with Gasteiger partial charge in [0.1, 0.15) is 0 Å². The standard InChI is InChI=1S/C9H21N3O3/c10-4-3-6-11-5-1-2-7-12-8(13)9(14)15/h9,11,14-15H,1-7,10H2,(H,12,13). The number of nitrogens with two attached hydrogens (primary N) is 1. The van der Waals surface area contributed by atoms with E-state index in [1.54, 1.807) is 0 Å². The minimum absolute atomic E-state index is 0.467. The number of unbranched alkanes of at least 4 members (excludes halogenated alkanes) is 1. The molecule has 0 radical (unpaired) electrons. The van der Waals surface area contributed by atoms with Crippen molar-refractivity contribution < 1.29 is 15.0 Å². The van der Waals surface area contributed by atoms with Crippen molar-refractivity contribution in [2.45, 2.75) is 25.6 Å². The Morgan fingerprint density at radius 1 is 1.13 bits per heavy atom. The smallest absolute Gasteiger partial charge is 0.276 e. The van der Waals surface area contributed by atoms with Crippen LogP contribution in [0.4, 0.5) is 0 Å². The molecule has 0 spiro atoms. The van der Waals surface area contributed by atoms with Crippen molar-refractivity contribution in [1.82, 2.24) is 10.6 Å². The Kier molecular flexibility index (Phi) is 9.40. The summed E-state index contributed by atoms with van der Waals surface area (Å²) in [5, 5.41) is 22.5. The van der Waals surface area contributed by atoms with Crippen molar-refractivity contribution in [2.24, 2.45) is 5.73 Å². The Morgan fingerprint density at radius 3 is 2.33 bits per heavy atom. The quantitative estimate of drug-likeness (QED) is 0.231. The maximum atomic E-state index is 10.7. The molecule has 0 fully saturated rings. The molecule has 1 amide bonds. The Labute approximate surface area is 89.8 Å². The minimum atomic E-state index is -1.91. The largest absolute Gasteiger partial charge is 0.361 e. The highest BCUT2D eigenvalue weighted by molar-refractivity contribution is 5.78. The Morgan fingerprint density at radius 2 is 1.73 bits per heavy atom. The van der Waals surface area contributed by atoms with Gasteiger partial charge in [-0.2, -0.15) is 0 Å². The summed E-state index contributed by atoms with van der Waals surface area (Å²) in [4.78, 5) is 10.7. The predicted molar refractivity (Wildman–Crippen MR) is 57.0 cm³/mol. The number of hydrogen-bond acceptors (Lipinski definition) is 5. The molecule has 6 heteroatoms. The second kappa shape index (κ2) is 9.85. The summed E-state index contributed by atoms with van der Waals surface area (Å²) in [7, 11) is 0. The van der Waals surface area contributed by atoms with Gasteiger partial charge < -0.3 is 26.6 Å². The molecule has 0 atom stereocenters. The molecule has 90 valence electrons. The minimum Gasteiger partial charge on any atom is -0.361 e. The van der Waals surface area contributed by atoms with Crippen LogP contribution in [0.25, 0.3) is 0 Å². The Hall–Kier alpha value is -0.690. The number of nitrogens with one attached hydrogen (secondary N) is 2. The van der Waals surface area contributed by atoms with Crippen LogP contribution in [0.3, 0.4) is 0 Å². The average molecular weight is 219 g/mol. The maximum absolute atomic E-state index is 10.7. The van der Waals surface area contributed by atoms with E-state index < -0.39 is 12.2 Å². The molecule has 15 heavy (non-hydrogen) atoms. The number of carbonyl (C=O) groups excluding carboxylic acids is 1. The first-order valence-corrected chi connectivity index (χ1v) is 5.23. The Balaban J connectivity index is 3.08. The molecule has 0 saturated carbocycles. The first-order valence-electron chi connectivity index (χ1n) is 5.23. The van der Waals surface area contributed by atoms with Gasteiger partial charge in [0.15, 0.2) is 0 Å². The van der Waals surface area contributed by atoms with E-state index in [-0.39, 0.29) is 0 Å². The average Bonchev–Trinajstić information content (AvgIpc) is 2.21. The zero-order valence-electron chi connectivity index (χ0n) is 8.91. The van der Waals surface area contributed by atoms with Crippen LogP contribution in [0.15, 0.2) is 0 Å². The van der Waals surface area contributed by atoms with Gasteiger partial charge in [0.25, 0.3) is 5.91 Å². The van der Waals surface area contributed by atoms with Crippen molar-refractivity contribution in [3.05, 3.63) is 0 Å². The van der Waals surface area contributed by atoms with E-state index in [9.17, 15) is 4.79 Å². The van der Waals surface area contributed by atoms with Crippen molar-refractivity contribution >= 4 is 5.91 Å². The summed E-state index contributed by atoms with van der Waals surface area (Å²) in [6.07, 6.45) is 0.807. The summed E-state index contributed by atoms with van der Waals surface area (Å²) < 4.78 is 0. The van der Waals surface area contributed by atoms with Gasteiger partial charge in [-0.3, -0.25) is 4.79 Å². The van der Waals surface area contributed by atoms with E-state index in [0.29, 0.717) is 13.1 Å². The highest BCUT2D eigenvalue weighted by atomic mass is 16.5. The molecule has 6 nitrogen and oxygen atoms in total. The SMILES string of the molecule is NCCCNCCCCNC(=O)C(O)O. The van der Waals surface area contributed by atoms with Gasteiger partial charge in [-0.15, -0.1) is 0 Å². The molecule has 0 aromatic heterocycles. The van der Waals surface area contributed by atoms with Gasteiger partial charge in [-0.1, -0.05) is 0 Å². The summed E-state index contributed by atoms with van der Waals surface area (Å²) in [6, 6.07) is 0. The van der Waals surface area contributed by atoms with Crippen molar-refractivity contribution in [3.63, 3.8) is 0 Å². The molecular weight excluding hydrogens is 198 g/mol. The van der Waals surface area contributed by atoms with E-state index in [0.717, 1.165) is 32.4 Å². The number of rotatable bonds is 9. The van der Waals surface area contributed by atoms with Gasteiger partial charge in [-0.05, 0) is 38.9 Å². The monoisotopic (exact) mass is 219 g/mol. The lowest BCUT2D eigenvalue weighted by Crippen LogP contribution is -2.35. The van der Waals surface area contributed by atoms with Crippen LogP contribution in [0.1, 0.15) is 19.3 Å². The second-order valence-electron chi connectivity index (χ2n) is 3.26. The fraction of sp³-hybridized carbons (Fsp3) is 0.889. The maximum Gasteiger partial charge on any atom is 0.276 e. The third-order valence-electron chi connectivity index (χ3n) is 1.87. The van der Waals surface area contributed by atoms with E-state index in [4.69, 9.17) is 15.9 Å². The predicted octanol–water partition coefficient (Wildman–Crippen LogP) is -1.87. The van der Waals surface area contributed by atoms with Crippen LogP contribution in [-0.2, 0) is 4.79 Å². The summed E-state index contributed by atoms with van der Waals surface area (Å²) in [5.74, 6) is -0.744. The van der Waals surface area contributed by atoms with E-state index in [2.05, 4.69) is 10.6 Å². The lowest BCUT2D eigenvalue weighted by molar-refractivity contribution is -0.147. The van der Waals surface area contributed by atoms with Gasteiger partial charge in [0.2, 0.25) is 6.29 Å². The van der Waals surface area contributed by atoms with Crippen LogP contribution in [-0.4, -0.2) is 48.6 Å². The molecule has 0 rings (SSSR count). The number of amides is 1. The molecular formula is C9H21N3O3. The number of hydrogen-bond donors (Lipinski definition) is 5. The van der Waals surface area contributed by atoms with Crippen molar-refractivity contribution in [1.29, 1.82) is 0 Å². The topological polar surface area (TPSA) is 108 Å².